The van der Waals surface area contributed by atoms with Crippen LogP contribution < -0.4 is 4.41 Å². The Labute approximate surface area is 114 Å². The molecule has 1 heterocycles. The molecule has 0 fully saturated rings. The molecule has 0 amide bonds. The van der Waals surface area contributed by atoms with Crippen molar-refractivity contribution in [3.63, 3.8) is 0 Å². The van der Waals surface area contributed by atoms with E-state index in [1.54, 1.807) is 11.4 Å². The molecule has 96 valence electrons. The smallest absolute Gasteiger partial charge is 0.247 e. The Hall–Kier alpha value is -2.14. The van der Waals surface area contributed by atoms with Crippen molar-refractivity contribution in [2.45, 2.75) is 0 Å². The summed E-state index contributed by atoms with van der Waals surface area (Å²) in [6.07, 6.45) is 0. The quantitative estimate of drug-likeness (QED) is 0.826. The molecule has 0 aliphatic carbocycles. The van der Waals surface area contributed by atoms with Gasteiger partial charge in [0.25, 0.3) is 0 Å². The van der Waals surface area contributed by atoms with Gasteiger partial charge >= 0.3 is 0 Å². The summed E-state index contributed by atoms with van der Waals surface area (Å²) >= 11 is -1.32. The second-order valence-corrected chi connectivity index (χ2v) is 5.48. The summed E-state index contributed by atoms with van der Waals surface area (Å²) in [5.41, 5.74) is 1.77. The summed E-state index contributed by atoms with van der Waals surface area (Å²) in [5.74, 6) is 0.711. The van der Waals surface area contributed by atoms with Gasteiger partial charge in [-0.15, -0.1) is 5.10 Å². The van der Waals surface area contributed by atoms with Gasteiger partial charge in [0.2, 0.25) is 11.2 Å². The van der Waals surface area contributed by atoms with Gasteiger partial charge in [-0.1, -0.05) is 48.5 Å². The average Bonchev–Trinajstić information content (AvgIpc) is 2.77. The van der Waals surface area contributed by atoms with Crippen molar-refractivity contribution in [2.24, 2.45) is 5.10 Å². The molecule has 0 radical (unpaired) electrons. The van der Waals surface area contributed by atoms with E-state index in [1.807, 2.05) is 60.7 Å². The normalized spacial score (nSPS) is 18.6. The molecule has 2 aromatic carbocycles. The van der Waals surface area contributed by atoms with Gasteiger partial charge in [0.1, 0.15) is 0 Å². The minimum absolute atomic E-state index is 0.711. The number of benzene rings is 2. The maximum atomic E-state index is 12.3. The number of anilines is 1. The average molecular weight is 271 g/mol. The standard InChI is InChI=1S/C14H13N3OS/c1-16-14(12-8-4-2-5-9-12)15-17(19(16)18)13-10-6-3-7-11-13/h2-11H,1H3. The lowest BCUT2D eigenvalue weighted by atomic mass is 10.2. The minimum atomic E-state index is -1.32. The Bertz CT molecular complexity index is 628. The van der Waals surface area contributed by atoms with Gasteiger partial charge in [-0.25, -0.2) is 4.21 Å². The summed E-state index contributed by atoms with van der Waals surface area (Å²) in [7, 11) is 1.78. The summed E-state index contributed by atoms with van der Waals surface area (Å²) in [6, 6.07) is 19.3. The molecule has 0 saturated carbocycles. The highest BCUT2D eigenvalue weighted by molar-refractivity contribution is 7.85. The first-order chi connectivity index (χ1) is 9.27. The van der Waals surface area contributed by atoms with Crippen LogP contribution in [0.3, 0.4) is 0 Å². The van der Waals surface area contributed by atoms with E-state index in [2.05, 4.69) is 5.10 Å². The number of amidine groups is 1. The highest BCUT2D eigenvalue weighted by Gasteiger charge is 2.29. The molecule has 5 heteroatoms. The molecule has 19 heavy (non-hydrogen) atoms. The van der Waals surface area contributed by atoms with Gasteiger partial charge in [-0.3, -0.25) is 4.31 Å². The van der Waals surface area contributed by atoms with Gasteiger partial charge in [-0.2, -0.15) is 4.41 Å². The van der Waals surface area contributed by atoms with Crippen molar-refractivity contribution in [3.05, 3.63) is 66.2 Å². The van der Waals surface area contributed by atoms with Crippen molar-refractivity contribution in [2.75, 3.05) is 11.5 Å². The molecule has 0 aromatic heterocycles. The number of nitrogens with zero attached hydrogens (tertiary/aromatic N) is 3. The molecule has 0 bridgehead atoms. The van der Waals surface area contributed by atoms with Crippen LogP contribution in [-0.4, -0.2) is 21.4 Å². The fraction of sp³-hybridized carbons (Fsp3) is 0.0714. The number of rotatable bonds is 2. The van der Waals surface area contributed by atoms with Gasteiger partial charge in [-0.05, 0) is 12.1 Å². The lowest BCUT2D eigenvalue weighted by Crippen LogP contribution is -2.28. The SMILES string of the molecule is CN1C(c2ccccc2)=NN(c2ccccc2)S1=O. The zero-order chi connectivity index (χ0) is 13.2. The van der Waals surface area contributed by atoms with Crippen LogP contribution in [0.5, 0.6) is 0 Å². The van der Waals surface area contributed by atoms with E-state index in [9.17, 15) is 4.21 Å². The van der Waals surface area contributed by atoms with Crippen LogP contribution in [0.25, 0.3) is 0 Å². The summed E-state index contributed by atoms with van der Waals surface area (Å²) in [4.78, 5) is 0. The minimum Gasteiger partial charge on any atom is -0.258 e. The molecule has 1 aliphatic rings. The van der Waals surface area contributed by atoms with E-state index >= 15 is 0 Å². The zero-order valence-electron chi connectivity index (χ0n) is 10.4. The van der Waals surface area contributed by atoms with Crippen LogP contribution in [0.15, 0.2) is 65.8 Å². The maximum absolute atomic E-state index is 12.3. The monoisotopic (exact) mass is 271 g/mol. The molecule has 2 aromatic rings. The Kier molecular flexibility index (Phi) is 3.05. The van der Waals surface area contributed by atoms with Crippen LogP contribution >= 0.6 is 0 Å². The first kappa shape index (κ1) is 11.9. The lowest BCUT2D eigenvalue weighted by Gasteiger charge is -2.14. The largest absolute Gasteiger partial charge is 0.258 e. The lowest BCUT2D eigenvalue weighted by molar-refractivity contribution is 0.651. The molecule has 0 saturated heterocycles. The van der Waals surface area contributed by atoms with Crippen molar-refractivity contribution < 1.29 is 4.21 Å². The van der Waals surface area contributed by atoms with E-state index in [0.29, 0.717) is 5.84 Å². The molecule has 0 spiro atoms. The maximum Gasteiger partial charge on any atom is 0.247 e. The van der Waals surface area contributed by atoms with Crippen LogP contribution in [-0.2, 0) is 11.2 Å². The van der Waals surface area contributed by atoms with Crippen molar-refractivity contribution in [1.29, 1.82) is 0 Å². The Morgan fingerprint density at radius 2 is 1.53 bits per heavy atom. The highest BCUT2D eigenvalue weighted by Crippen LogP contribution is 2.24. The van der Waals surface area contributed by atoms with Crippen LogP contribution in [0.4, 0.5) is 5.69 Å². The van der Waals surface area contributed by atoms with Crippen molar-refractivity contribution in [1.82, 2.24) is 4.31 Å². The molecular formula is C14H13N3OS. The third kappa shape index (κ3) is 2.13. The first-order valence-electron chi connectivity index (χ1n) is 5.92. The summed E-state index contributed by atoms with van der Waals surface area (Å²) in [6.45, 7) is 0. The summed E-state index contributed by atoms with van der Waals surface area (Å²) in [5, 5.41) is 4.47. The Morgan fingerprint density at radius 3 is 2.16 bits per heavy atom. The number of hydrazone groups is 1. The van der Waals surface area contributed by atoms with Gasteiger partial charge in [0, 0.05) is 12.6 Å². The third-order valence-electron chi connectivity index (χ3n) is 2.88. The molecular weight excluding hydrogens is 258 g/mol. The van der Waals surface area contributed by atoms with Crippen LogP contribution in [0, 0.1) is 0 Å². The molecule has 4 nitrogen and oxygen atoms in total. The van der Waals surface area contributed by atoms with E-state index < -0.39 is 11.2 Å². The van der Waals surface area contributed by atoms with Gasteiger partial charge < -0.3 is 0 Å². The third-order valence-corrected chi connectivity index (χ3v) is 4.10. The fourth-order valence-electron chi connectivity index (χ4n) is 1.90. The topological polar surface area (TPSA) is 35.9 Å². The molecule has 0 N–H and O–H groups in total. The second-order valence-electron chi connectivity index (χ2n) is 4.13. The molecule has 1 unspecified atom stereocenters. The molecule has 1 atom stereocenters. The van der Waals surface area contributed by atoms with Gasteiger partial charge in [0.05, 0.1) is 5.69 Å². The zero-order valence-corrected chi connectivity index (χ0v) is 11.2. The Morgan fingerprint density at radius 1 is 0.947 bits per heavy atom. The predicted octanol–water partition coefficient (Wildman–Crippen LogP) is 2.38. The number of hydrogen-bond acceptors (Lipinski definition) is 2. The fourth-order valence-corrected chi connectivity index (χ4v) is 2.88. The van der Waals surface area contributed by atoms with E-state index in [-0.39, 0.29) is 0 Å². The van der Waals surface area contributed by atoms with Crippen LogP contribution in [0.1, 0.15) is 5.56 Å². The Balaban J connectivity index is 2.01. The van der Waals surface area contributed by atoms with Crippen LogP contribution in [0.2, 0.25) is 0 Å². The van der Waals surface area contributed by atoms with Crippen molar-refractivity contribution in [3.8, 4) is 0 Å². The van der Waals surface area contributed by atoms with E-state index in [1.165, 1.54) is 4.41 Å². The van der Waals surface area contributed by atoms with Crippen molar-refractivity contribution >= 4 is 22.7 Å². The number of hydrogen-bond donors (Lipinski definition) is 0. The van der Waals surface area contributed by atoms with E-state index in [4.69, 9.17) is 0 Å². The van der Waals surface area contributed by atoms with Gasteiger partial charge in [0.15, 0.2) is 5.84 Å². The first-order valence-corrected chi connectivity index (χ1v) is 6.98. The molecule has 1 aliphatic heterocycles. The van der Waals surface area contributed by atoms with E-state index in [0.717, 1.165) is 11.3 Å². The molecule has 3 rings (SSSR count). The number of para-hydroxylation sites is 1. The second kappa shape index (κ2) is 4.85. The highest BCUT2D eigenvalue weighted by atomic mass is 32.2. The summed E-state index contributed by atoms with van der Waals surface area (Å²) < 4.78 is 15.5. The predicted molar refractivity (Wildman–Crippen MR) is 77.8 cm³/mol.